The number of hydrogen-bond donors (Lipinski definition) is 0. The van der Waals surface area contributed by atoms with Crippen LogP contribution in [0.2, 0.25) is 0 Å². The number of piperazine rings is 1. The van der Waals surface area contributed by atoms with Crippen LogP contribution in [0, 0.1) is 6.92 Å². The standard InChI is InChI=1S/C22H26N4O3S2/c1-3-26-20-7-5-4-6-19(20)23-22(26)30-16-21(27)24-12-14-25(15-13-24)31(28,29)18-10-8-17(2)9-11-18/h4-11H,3,12-16H2,1-2H3. The zero-order valence-electron chi connectivity index (χ0n) is 17.7. The molecular weight excluding hydrogens is 432 g/mol. The lowest BCUT2D eigenvalue weighted by Crippen LogP contribution is -2.50. The van der Waals surface area contributed by atoms with Crippen molar-refractivity contribution in [1.29, 1.82) is 0 Å². The molecule has 4 rings (SSSR count). The van der Waals surface area contributed by atoms with Gasteiger partial charge in [-0.1, -0.05) is 41.6 Å². The second-order valence-electron chi connectivity index (χ2n) is 7.51. The Bertz CT molecular complexity index is 1180. The van der Waals surface area contributed by atoms with Crippen LogP contribution in [0.4, 0.5) is 0 Å². The van der Waals surface area contributed by atoms with Gasteiger partial charge in [-0.2, -0.15) is 4.31 Å². The summed E-state index contributed by atoms with van der Waals surface area (Å²) >= 11 is 1.43. The molecule has 0 bridgehead atoms. The lowest BCUT2D eigenvalue weighted by Gasteiger charge is -2.34. The molecule has 2 aromatic carbocycles. The highest BCUT2D eigenvalue weighted by Gasteiger charge is 2.30. The Labute approximate surface area is 187 Å². The van der Waals surface area contributed by atoms with Crippen LogP contribution in [0.15, 0.2) is 58.6 Å². The largest absolute Gasteiger partial charge is 0.339 e. The van der Waals surface area contributed by atoms with Crippen molar-refractivity contribution in [3.05, 3.63) is 54.1 Å². The summed E-state index contributed by atoms with van der Waals surface area (Å²) < 4.78 is 29.3. The van der Waals surface area contributed by atoms with E-state index >= 15 is 0 Å². The summed E-state index contributed by atoms with van der Waals surface area (Å²) in [6.45, 7) is 6.18. The van der Waals surface area contributed by atoms with Gasteiger partial charge in [0, 0.05) is 32.7 Å². The quantitative estimate of drug-likeness (QED) is 0.531. The Hall–Kier alpha value is -2.36. The molecule has 1 amide bonds. The SMILES string of the molecule is CCn1c(SCC(=O)N2CCN(S(=O)(=O)c3ccc(C)cc3)CC2)nc2ccccc21. The number of carbonyl (C=O) groups excluding carboxylic acids is 1. The van der Waals surface area contributed by atoms with E-state index in [2.05, 4.69) is 16.5 Å². The average Bonchev–Trinajstić information content (AvgIpc) is 3.15. The summed E-state index contributed by atoms with van der Waals surface area (Å²) in [5, 5.41) is 0.831. The Morgan fingerprint density at radius 2 is 1.71 bits per heavy atom. The molecule has 164 valence electrons. The zero-order valence-corrected chi connectivity index (χ0v) is 19.3. The molecule has 1 aromatic heterocycles. The Morgan fingerprint density at radius 3 is 2.39 bits per heavy atom. The lowest BCUT2D eigenvalue weighted by molar-refractivity contribution is -0.129. The summed E-state index contributed by atoms with van der Waals surface area (Å²) in [6, 6.07) is 14.8. The topological polar surface area (TPSA) is 75.5 Å². The molecule has 1 saturated heterocycles. The third kappa shape index (κ3) is 4.49. The molecule has 1 aliphatic heterocycles. The minimum Gasteiger partial charge on any atom is -0.339 e. The molecule has 0 spiro atoms. The van der Waals surface area contributed by atoms with E-state index < -0.39 is 10.0 Å². The van der Waals surface area contributed by atoms with Crippen molar-refractivity contribution in [1.82, 2.24) is 18.8 Å². The molecule has 7 nitrogen and oxygen atoms in total. The van der Waals surface area contributed by atoms with Gasteiger partial charge in [0.15, 0.2) is 5.16 Å². The number of hydrogen-bond acceptors (Lipinski definition) is 5. The van der Waals surface area contributed by atoms with E-state index in [9.17, 15) is 13.2 Å². The first-order chi connectivity index (χ1) is 14.9. The van der Waals surface area contributed by atoms with Gasteiger partial charge in [-0.05, 0) is 38.1 Å². The number of sulfonamides is 1. The first-order valence-electron chi connectivity index (χ1n) is 10.3. The number of amides is 1. The molecule has 9 heteroatoms. The lowest BCUT2D eigenvalue weighted by atomic mass is 10.2. The van der Waals surface area contributed by atoms with E-state index in [0.717, 1.165) is 28.3 Å². The predicted molar refractivity (Wildman–Crippen MR) is 123 cm³/mol. The number of benzene rings is 2. The molecule has 0 aliphatic carbocycles. The highest BCUT2D eigenvalue weighted by molar-refractivity contribution is 7.99. The number of para-hydroxylation sites is 2. The van der Waals surface area contributed by atoms with E-state index in [1.807, 2.05) is 31.2 Å². The van der Waals surface area contributed by atoms with Gasteiger partial charge >= 0.3 is 0 Å². The van der Waals surface area contributed by atoms with Crippen LogP contribution in [-0.2, 0) is 21.4 Å². The van der Waals surface area contributed by atoms with Crippen molar-refractivity contribution < 1.29 is 13.2 Å². The highest BCUT2D eigenvalue weighted by Crippen LogP contribution is 2.25. The van der Waals surface area contributed by atoms with Crippen LogP contribution < -0.4 is 0 Å². The van der Waals surface area contributed by atoms with E-state index in [-0.39, 0.29) is 11.7 Å². The molecule has 1 aliphatic rings. The summed E-state index contributed by atoms with van der Waals surface area (Å²) in [4.78, 5) is 19.4. The third-order valence-electron chi connectivity index (χ3n) is 5.51. The fourth-order valence-electron chi connectivity index (χ4n) is 3.72. The molecule has 2 heterocycles. The van der Waals surface area contributed by atoms with Crippen LogP contribution in [0.5, 0.6) is 0 Å². The second-order valence-corrected chi connectivity index (χ2v) is 10.4. The number of aromatic nitrogens is 2. The molecule has 0 radical (unpaired) electrons. The first kappa shape index (κ1) is 21.9. The number of nitrogens with zero attached hydrogens (tertiary/aromatic N) is 4. The Morgan fingerprint density at radius 1 is 1.03 bits per heavy atom. The maximum atomic E-state index is 12.8. The molecule has 0 N–H and O–H groups in total. The van der Waals surface area contributed by atoms with Crippen molar-refractivity contribution >= 4 is 38.7 Å². The predicted octanol–water partition coefficient (Wildman–Crippen LogP) is 2.99. The van der Waals surface area contributed by atoms with Crippen LogP contribution in [0.1, 0.15) is 12.5 Å². The van der Waals surface area contributed by atoms with Gasteiger partial charge in [0.25, 0.3) is 0 Å². The van der Waals surface area contributed by atoms with Gasteiger partial charge in [0.2, 0.25) is 15.9 Å². The maximum absolute atomic E-state index is 12.8. The number of aryl methyl sites for hydroxylation is 2. The maximum Gasteiger partial charge on any atom is 0.243 e. The minimum atomic E-state index is -3.53. The molecule has 0 unspecified atom stereocenters. The van der Waals surface area contributed by atoms with Crippen molar-refractivity contribution in [2.75, 3.05) is 31.9 Å². The van der Waals surface area contributed by atoms with Crippen LogP contribution in [0.3, 0.4) is 0 Å². The number of thioether (sulfide) groups is 1. The van der Waals surface area contributed by atoms with Crippen LogP contribution >= 0.6 is 11.8 Å². The monoisotopic (exact) mass is 458 g/mol. The normalized spacial score (nSPS) is 15.5. The van der Waals surface area contributed by atoms with E-state index in [0.29, 0.717) is 31.1 Å². The van der Waals surface area contributed by atoms with E-state index in [4.69, 9.17) is 0 Å². The molecular formula is C22H26N4O3S2. The Balaban J connectivity index is 1.36. The van der Waals surface area contributed by atoms with Gasteiger partial charge < -0.3 is 9.47 Å². The zero-order chi connectivity index (χ0) is 22.0. The number of imidazole rings is 1. The van der Waals surface area contributed by atoms with Crippen molar-refractivity contribution in [3.63, 3.8) is 0 Å². The summed E-state index contributed by atoms with van der Waals surface area (Å²) in [6.07, 6.45) is 0. The van der Waals surface area contributed by atoms with E-state index in [1.54, 1.807) is 29.2 Å². The van der Waals surface area contributed by atoms with Crippen molar-refractivity contribution in [2.24, 2.45) is 0 Å². The van der Waals surface area contributed by atoms with E-state index in [1.165, 1.54) is 16.1 Å². The number of fused-ring (bicyclic) bond motifs is 1. The first-order valence-corrected chi connectivity index (χ1v) is 12.8. The van der Waals surface area contributed by atoms with Crippen molar-refractivity contribution in [2.45, 2.75) is 30.4 Å². The van der Waals surface area contributed by atoms with Gasteiger partial charge in [0.1, 0.15) is 0 Å². The van der Waals surface area contributed by atoms with Crippen molar-refractivity contribution in [3.8, 4) is 0 Å². The molecule has 1 fully saturated rings. The molecule has 0 saturated carbocycles. The second kappa shape index (κ2) is 9.02. The summed E-state index contributed by atoms with van der Waals surface area (Å²) in [5.74, 6) is 0.292. The average molecular weight is 459 g/mol. The number of rotatable bonds is 6. The third-order valence-corrected chi connectivity index (χ3v) is 8.38. The fraction of sp³-hybridized carbons (Fsp3) is 0.364. The fourth-order valence-corrected chi connectivity index (χ4v) is 6.13. The highest BCUT2D eigenvalue weighted by atomic mass is 32.2. The molecule has 0 atom stereocenters. The van der Waals surface area contributed by atoms with Gasteiger partial charge in [-0.15, -0.1) is 0 Å². The van der Waals surface area contributed by atoms with Gasteiger partial charge in [-0.25, -0.2) is 13.4 Å². The summed E-state index contributed by atoms with van der Waals surface area (Å²) in [7, 11) is -3.53. The van der Waals surface area contributed by atoms with Gasteiger partial charge in [0.05, 0.1) is 21.7 Å². The summed E-state index contributed by atoms with van der Waals surface area (Å²) in [5.41, 5.74) is 3.01. The molecule has 3 aromatic rings. The van der Waals surface area contributed by atoms with Crippen LogP contribution in [-0.4, -0.2) is 65.0 Å². The van der Waals surface area contributed by atoms with Gasteiger partial charge in [-0.3, -0.25) is 4.79 Å². The Kier molecular flexibility index (Phi) is 6.36. The molecule has 31 heavy (non-hydrogen) atoms. The minimum absolute atomic E-state index is 0.00657. The smallest absolute Gasteiger partial charge is 0.243 e. The van der Waals surface area contributed by atoms with Crippen LogP contribution in [0.25, 0.3) is 11.0 Å². The number of carbonyl (C=O) groups is 1.